The van der Waals surface area contributed by atoms with Crippen LogP contribution in [0.4, 0.5) is 5.69 Å². The van der Waals surface area contributed by atoms with Crippen LogP contribution in [0, 0.1) is 0 Å². The fourth-order valence-electron chi connectivity index (χ4n) is 2.37. The van der Waals surface area contributed by atoms with Crippen molar-refractivity contribution >= 4 is 17.6 Å². The second-order valence-corrected chi connectivity index (χ2v) is 4.94. The Morgan fingerprint density at radius 3 is 2.62 bits per heavy atom. The minimum absolute atomic E-state index is 0.159. The third kappa shape index (κ3) is 3.65. The van der Waals surface area contributed by atoms with Crippen molar-refractivity contribution < 1.29 is 19.1 Å². The van der Waals surface area contributed by atoms with E-state index in [9.17, 15) is 9.59 Å². The van der Waals surface area contributed by atoms with Crippen molar-refractivity contribution in [2.75, 3.05) is 32.5 Å². The summed E-state index contributed by atoms with van der Waals surface area (Å²) in [4.78, 5) is 25.8. The second kappa shape index (κ2) is 6.97. The van der Waals surface area contributed by atoms with Gasteiger partial charge in [-0.3, -0.25) is 4.79 Å². The van der Waals surface area contributed by atoms with Gasteiger partial charge in [0.15, 0.2) is 6.61 Å². The maximum absolute atomic E-state index is 12.1. The van der Waals surface area contributed by atoms with Gasteiger partial charge in [-0.1, -0.05) is 6.07 Å². The van der Waals surface area contributed by atoms with Crippen LogP contribution in [0.1, 0.15) is 29.6 Å². The molecule has 6 heteroatoms. The van der Waals surface area contributed by atoms with Crippen molar-refractivity contribution in [1.29, 1.82) is 0 Å². The van der Waals surface area contributed by atoms with Crippen LogP contribution >= 0.6 is 0 Å². The number of likely N-dealkylation sites (tertiary alicyclic amines) is 1. The summed E-state index contributed by atoms with van der Waals surface area (Å²) < 4.78 is 10.2. The van der Waals surface area contributed by atoms with Gasteiger partial charge in [0.05, 0.1) is 7.11 Å². The van der Waals surface area contributed by atoms with Crippen molar-refractivity contribution in [3.63, 3.8) is 0 Å². The maximum Gasteiger partial charge on any atom is 0.344 e. The Morgan fingerprint density at radius 2 is 1.95 bits per heavy atom. The molecule has 21 heavy (non-hydrogen) atoms. The van der Waals surface area contributed by atoms with Gasteiger partial charge in [-0.2, -0.15) is 0 Å². The zero-order valence-corrected chi connectivity index (χ0v) is 12.1. The minimum Gasteiger partial charge on any atom is -0.496 e. The lowest BCUT2D eigenvalue weighted by molar-refractivity contribution is -0.135. The summed E-state index contributed by atoms with van der Waals surface area (Å²) in [5, 5.41) is 0. The lowest BCUT2D eigenvalue weighted by Crippen LogP contribution is -2.38. The number of benzene rings is 1. The maximum atomic E-state index is 12.1. The summed E-state index contributed by atoms with van der Waals surface area (Å²) in [6.45, 7) is 1.19. The molecule has 0 aromatic heterocycles. The summed E-state index contributed by atoms with van der Waals surface area (Å²) in [5.74, 6) is -0.475. The first-order valence-electron chi connectivity index (χ1n) is 7.01. The fraction of sp³-hybridized carbons (Fsp3) is 0.467. The van der Waals surface area contributed by atoms with Gasteiger partial charge in [-0.25, -0.2) is 4.79 Å². The molecule has 0 saturated carbocycles. The molecule has 1 aromatic rings. The van der Waals surface area contributed by atoms with Gasteiger partial charge >= 0.3 is 5.97 Å². The topological polar surface area (TPSA) is 81.9 Å². The van der Waals surface area contributed by atoms with E-state index in [4.69, 9.17) is 15.2 Å². The molecule has 0 spiro atoms. The molecule has 2 N–H and O–H groups in total. The Labute approximate surface area is 123 Å². The molecular formula is C15H20N2O4. The normalized spacial score (nSPS) is 14.6. The molecule has 0 aliphatic carbocycles. The Morgan fingerprint density at radius 1 is 1.24 bits per heavy atom. The molecule has 0 unspecified atom stereocenters. The quantitative estimate of drug-likeness (QED) is 0.671. The second-order valence-electron chi connectivity index (χ2n) is 4.94. The average Bonchev–Trinajstić information content (AvgIpc) is 2.52. The van der Waals surface area contributed by atoms with Crippen molar-refractivity contribution in [3.8, 4) is 5.75 Å². The summed E-state index contributed by atoms with van der Waals surface area (Å²) in [7, 11) is 1.45. The Hall–Kier alpha value is -2.24. The molecule has 1 amide bonds. The van der Waals surface area contributed by atoms with Crippen LogP contribution < -0.4 is 10.5 Å². The van der Waals surface area contributed by atoms with E-state index in [2.05, 4.69) is 0 Å². The van der Waals surface area contributed by atoms with Crippen molar-refractivity contribution in [2.45, 2.75) is 19.3 Å². The third-order valence-electron chi connectivity index (χ3n) is 3.52. The van der Waals surface area contributed by atoms with Gasteiger partial charge in [-0.05, 0) is 31.4 Å². The number of nitrogens with two attached hydrogens (primary N) is 1. The zero-order valence-electron chi connectivity index (χ0n) is 12.1. The Balaban J connectivity index is 1.97. The lowest BCUT2D eigenvalue weighted by Gasteiger charge is -2.26. The molecule has 0 bridgehead atoms. The number of nitrogens with zero attached hydrogens (tertiary/aromatic N) is 1. The van der Waals surface area contributed by atoms with Crippen molar-refractivity contribution in [2.24, 2.45) is 0 Å². The number of anilines is 1. The van der Waals surface area contributed by atoms with Gasteiger partial charge in [0.1, 0.15) is 11.3 Å². The van der Waals surface area contributed by atoms with E-state index >= 15 is 0 Å². The molecule has 0 radical (unpaired) electrons. The van der Waals surface area contributed by atoms with Crippen LogP contribution in [-0.4, -0.2) is 43.6 Å². The molecule has 1 saturated heterocycles. The first kappa shape index (κ1) is 15.2. The fourth-order valence-corrected chi connectivity index (χ4v) is 2.37. The molecule has 1 heterocycles. The molecule has 114 valence electrons. The van der Waals surface area contributed by atoms with E-state index < -0.39 is 5.97 Å². The van der Waals surface area contributed by atoms with Gasteiger partial charge in [0.2, 0.25) is 0 Å². The summed E-state index contributed by atoms with van der Waals surface area (Å²) in [6.07, 6.45) is 3.14. The highest BCUT2D eigenvalue weighted by Gasteiger charge is 2.21. The van der Waals surface area contributed by atoms with E-state index in [1.165, 1.54) is 7.11 Å². The number of esters is 1. The zero-order chi connectivity index (χ0) is 15.2. The molecule has 1 fully saturated rings. The number of carbonyl (C=O) groups excluding carboxylic acids is 2. The number of methoxy groups -OCH3 is 1. The highest BCUT2D eigenvalue weighted by Crippen LogP contribution is 2.24. The molecule has 1 aromatic carbocycles. The number of carbonyl (C=O) groups is 2. The van der Waals surface area contributed by atoms with Crippen LogP contribution in [0.25, 0.3) is 0 Å². The molecule has 6 nitrogen and oxygen atoms in total. The molecular weight excluding hydrogens is 272 g/mol. The smallest absolute Gasteiger partial charge is 0.344 e. The predicted molar refractivity (Wildman–Crippen MR) is 78.1 cm³/mol. The third-order valence-corrected chi connectivity index (χ3v) is 3.52. The van der Waals surface area contributed by atoms with E-state index in [0.717, 1.165) is 32.4 Å². The SMILES string of the molecule is COc1cccc(N)c1C(=O)OCC(=O)N1CCCCC1. The molecule has 1 aliphatic rings. The van der Waals surface area contributed by atoms with Crippen molar-refractivity contribution in [3.05, 3.63) is 23.8 Å². The summed E-state index contributed by atoms with van der Waals surface area (Å²) in [5.41, 5.74) is 6.20. The first-order valence-corrected chi connectivity index (χ1v) is 7.01. The number of rotatable bonds is 4. The number of nitrogen functional groups attached to an aromatic ring is 1. The number of amides is 1. The van der Waals surface area contributed by atoms with Crippen LogP contribution in [0.3, 0.4) is 0 Å². The minimum atomic E-state index is -0.643. The molecule has 1 aliphatic heterocycles. The van der Waals surface area contributed by atoms with E-state index in [0.29, 0.717) is 5.75 Å². The van der Waals surface area contributed by atoms with Crippen molar-refractivity contribution in [1.82, 2.24) is 4.90 Å². The number of ether oxygens (including phenoxy) is 2. The Bertz CT molecular complexity index is 524. The van der Waals surface area contributed by atoms with E-state index in [1.54, 1.807) is 23.1 Å². The molecule has 2 rings (SSSR count). The summed E-state index contributed by atoms with van der Waals surface area (Å²) in [6, 6.07) is 4.90. The predicted octanol–water partition coefficient (Wildman–Crippen LogP) is 1.45. The highest BCUT2D eigenvalue weighted by atomic mass is 16.5. The lowest BCUT2D eigenvalue weighted by atomic mass is 10.1. The van der Waals surface area contributed by atoms with Crippen LogP contribution in [0.2, 0.25) is 0 Å². The summed E-state index contributed by atoms with van der Waals surface area (Å²) >= 11 is 0. The molecule has 0 atom stereocenters. The average molecular weight is 292 g/mol. The van der Waals surface area contributed by atoms with Crippen LogP contribution in [0.15, 0.2) is 18.2 Å². The van der Waals surface area contributed by atoms with Crippen LogP contribution in [0.5, 0.6) is 5.75 Å². The van der Waals surface area contributed by atoms with Gasteiger partial charge in [0, 0.05) is 18.8 Å². The monoisotopic (exact) mass is 292 g/mol. The van der Waals surface area contributed by atoms with Gasteiger partial charge < -0.3 is 20.1 Å². The number of hydrogen-bond donors (Lipinski definition) is 1. The van der Waals surface area contributed by atoms with E-state index in [1.807, 2.05) is 0 Å². The number of piperidine rings is 1. The highest BCUT2D eigenvalue weighted by molar-refractivity contribution is 5.99. The van der Waals surface area contributed by atoms with E-state index in [-0.39, 0.29) is 23.8 Å². The first-order chi connectivity index (χ1) is 10.1. The standard InChI is InChI=1S/C15H20N2O4/c1-20-12-7-5-6-11(16)14(12)15(19)21-10-13(18)17-8-3-2-4-9-17/h5-7H,2-4,8-10,16H2,1H3. The largest absolute Gasteiger partial charge is 0.496 e. The Kier molecular flexibility index (Phi) is 5.03. The van der Waals surface area contributed by atoms with Gasteiger partial charge in [-0.15, -0.1) is 0 Å². The van der Waals surface area contributed by atoms with Gasteiger partial charge in [0.25, 0.3) is 5.91 Å². The van der Waals surface area contributed by atoms with Crippen LogP contribution in [-0.2, 0) is 9.53 Å². The number of hydrogen-bond acceptors (Lipinski definition) is 5.